The van der Waals surface area contributed by atoms with Crippen molar-refractivity contribution < 1.29 is 14.3 Å². The van der Waals surface area contributed by atoms with Gasteiger partial charge in [-0.3, -0.25) is 4.79 Å². The van der Waals surface area contributed by atoms with E-state index < -0.39 is 0 Å². The summed E-state index contributed by atoms with van der Waals surface area (Å²) >= 11 is 0. The molecule has 0 radical (unpaired) electrons. The average molecular weight is 202 g/mol. The molecular weight excluding hydrogens is 192 g/mol. The molecular formula is C12H10O3. The maximum atomic E-state index is 11.3. The van der Waals surface area contributed by atoms with Crippen LogP contribution in [0.2, 0.25) is 0 Å². The van der Waals surface area contributed by atoms with Crippen LogP contribution in [-0.2, 0) is 9.53 Å². The van der Waals surface area contributed by atoms with Gasteiger partial charge in [0.2, 0.25) is 0 Å². The molecule has 1 aromatic rings. The maximum Gasteiger partial charge on any atom is 0.338 e. The molecule has 0 saturated carbocycles. The van der Waals surface area contributed by atoms with Crippen LogP contribution in [0.4, 0.5) is 0 Å². The lowest BCUT2D eigenvalue weighted by Crippen LogP contribution is -2.04. The van der Waals surface area contributed by atoms with E-state index in [4.69, 9.17) is 4.74 Å². The summed E-state index contributed by atoms with van der Waals surface area (Å²) < 4.78 is 4.83. The zero-order valence-electron chi connectivity index (χ0n) is 8.32. The van der Waals surface area contributed by atoms with Gasteiger partial charge in [-0.25, -0.2) is 4.79 Å². The fourth-order valence-corrected chi connectivity index (χ4v) is 1.05. The van der Waals surface area contributed by atoms with Crippen molar-refractivity contribution in [2.75, 3.05) is 6.61 Å². The third-order valence-electron chi connectivity index (χ3n) is 1.65. The van der Waals surface area contributed by atoms with Gasteiger partial charge >= 0.3 is 5.97 Å². The third-order valence-corrected chi connectivity index (χ3v) is 1.65. The summed E-state index contributed by atoms with van der Waals surface area (Å²) in [5, 5.41) is 0. The first-order chi connectivity index (χ1) is 7.27. The molecule has 0 aliphatic heterocycles. The molecule has 0 aliphatic rings. The minimum absolute atomic E-state index is 0.336. The average Bonchev–Trinajstić information content (AvgIpc) is 2.27. The standard InChI is InChI=1S/C12H10O3/c1-2-15-12(14)11-7-3-5-10(9-11)6-4-8-13/h3,5,7-9H,2H2,1H3. The van der Waals surface area contributed by atoms with E-state index in [0.717, 1.165) is 0 Å². The summed E-state index contributed by atoms with van der Waals surface area (Å²) in [6, 6.07) is 6.65. The molecule has 0 spiro atoms. The van der Waals surface area contributed by atoms with E-state index in [0.29, 0.717) is 24.0 Å². The molecule has 0 fully saturated rings. The Kier molecular flexibility index (Phi) is 4.11. The molecule has 3 heteroatoms. The van der Waals surface area contributed by atoms with Crippen molar-refractivity contribution in [2.24, 2.45) is 0 Å². The Morgan fingerprint density at radius 1 is 1.53 bits per heavy atom. The van der Waals surface area contributed by atoms with Crippen LogP contribution in [0.25, 0.3) is 0 Å². The van der Waals surface area contributed by atoms with Crippen LogP contribution >= 0.6 is 0 Å². The minimum atomic E-state index is -0.382. The Labute approximate surface area is 88.1 Å². The van der Waals surface area contributed by atoms with Crippen LogP contribution in [0.3, 0.4) is 0 Å². The van der Waals surface area contributed by atoms with Crippen molar-refractivity contribution in [3.8, 4) is 11.8 Å². The van der Waals surface area contributed by atoms with Gasteiger partial charge in [-0.2, -0.15) is 0 Å². The van der Waals surface area contributed by atoms with Gasteiger partial charge < -0.3 is 4.74 Å². The maximum absolute atomic E-state index is 11.3. The Hall–Kier alpha value is -2.08. The second kappa shape index (κ2) is 5.61. The third kappa shape index (κ3) is 3.28. The van der Waals surface area contributed by atoms with Gasteiger partial charge in [0.25, 0.3) is 0 Å². The molecule has 0 unspecified atom stereocenters. The molecule has 1 rings (SSSR count). The summed E-state index contributed by atoms with van der Waals surface area (Å²) in [5.74, 6) is 4.50. The Balaban J connectivity index is 2.92. The molecule has 0 N–H and O–H groups in total. The molecule has 0 atom stereocenters. The summed E-state index contributed by atoms with van der Waals surface area (Å²) in [6.07, 6.45) is 0.511. The number of esters is 1. The topological polar surface area (TPSA) is 43.4 Å². The Morgan fingerprint density at radius 2 is 2.33 bits per heavy atom. The van der Waals surface area contributed by atoms with Crippen LogP contribution in [0.5, 0.6) is 0 Å². The first-order valence-corrected chi connectivity index (χ1v) is 4.50. The monoisotopic (exact) mass is 202 g/mol. The van der Waals surface area contributed by atoms with E-state index >= 15 is 0 Å². The fourth-order valence-electron chi connectivity index (χ4n) is 1.05. The van der Waals surface area contributed by atoms with Crippen LogP contribution in [-0.4, -0.2) is 18.9 Å². The van der Waals surface area contributed by atoms with Gasteiger partial charge in [0.05, 0.1) is 12.2 Å². The quantitative estimate of drug-likeness (QED) is 0.414. The largest absolute Gasteiger partial charge is 0.462 e. The van der Waals surface area contributed by atoms with E-state index in [2.05, 4.69) is 11.8 Å². The minimum Gasteiger partial charge on any atom is -0.462 e. The van der Waals surface area contributed by atoms with Gasteiger partial charge in [-0.1, -0.05) is 12.0 Å². The van der Waals surface area contributed by atoms with Gasteiger partial charge in [-0.15, -0.1) is 0 Å². The molecule has 1 aromatic carbocycles. The van der Waals surface area contributed by atoms with E-state index in [1.54, 1.807) is 31.2 Å². The molecule has 0 saturated heterocycles. The summed E-state index contributed by atoms with van der Waals surface area (Å²) in [7, 11) is 0. The SMILES string of the molecule is CCOC(=O)c1cccc(C#CC=O)c1. The first-order valence-electron chi connectivity index (χ1n) is 4.50. The number of hydrogen-bond donors (Lipinski definition) is 0. The van der Waals surface area contributed by atoms with Crippen molar-refractivity contribution in [1.82, 2.24) is 0 Å². The Morgan fingerprint density at radius 3 is 3.00 bits per heavy atom. The van der Waals surface area contributed by atoms with Crippen molar-refractivity contribution in [3.63, 3.8) is 0 Å². The summed E-state index contributed by atoms with van der Waals surface area (Å²) in [6.45, 7) is 2.08. The van der Waals surface area contributed by atoms with Gasteiger partial charge in [0, 0.05) is 5.56 Å². The molecule has 0 heterocycles. The lowest BCUT2D eigenvalue weighted by molar-refractivity contribution is -0.103. The van der Waals surface area contributed by atoms with E-state index in [1.165, 1.54) is 0 Å². The number of carbonyl (C=O) groups is 2. The highest BCUT2D eigenvalue weighted by atomic mass is 16.5. The smallest absolute Gasteiger partial charge is 0.338 e. The van der Waals surface area contributed by atoms with Crippen molar-refractivity contribution in [3.05, 3.63) is 35.4 Å². The second-order valence-corrected chi connectivity index (χ2v) is 2.69. The van der Waals surface area contributed by atoms with Crippen LogP contribution in [0, 0.1) is 11.8 Å². The number of carbonyl (C=O) groups excluding carboxylic acids is 2. The fraction of sp³-hybridized carbons (Fsp3) is 0.167. The molecule has 0 aromatic heterocycles. The number of benzene rings is 1. The second-order valence-electron chi connectivity index (χ2n) is 2.69. The number of rotatable bonds is 2. The Bertz CT molecular complexity index is 424. The van der Waals surface area contributed by atoms with E-state index in [9.17, 15) is 9.59 Å². The predicted octanol–water partition coefficient (Wildman–Crippen LogP) is 1.41. The van der Waals surface area contributed by atoms with Gasteiger partial charge in [-0.05, 0) is 31.0 Å². The predicted molar refractivity (Wildman–Crippen MR) is 55.3 cm³/mol. The molecule has 0 bridgehead atoms. The summed E-state index contributed by atoms with van der Waals surface area (Å²) in [5.41, 5.74) is 1.06. The molecule has 0 aliphatic carbocycles. The summed E-state index contributed by atoms with van der Waals surface area (Å²) in [4.78, 5) is 21.4. The van der Waals surface area contributed by atoms with Crippen LogP contribution < -0.4 is 0 Å². The molecule has 3 nitrogen and oxygen atoms in total. The lowest BCUT2D eigenvalue weighted by atomic mass is 10.1. The van der Waals surface area contributed by atoms with Gasteiger partial charge in [0.15, 0.2) is 6.29 Å². The molecule has 76 valence electrons. The zero-order valence-corrected chi connectivity index (χ0v) is 8.32. The van der Waals surface area contributed by atoms with Crippen molar-refractivity contribution in [2.45, 2.75) is 6.92 Å². The normalized spacial score (nSPS) is 8.60. The van der Waals surface area contributed by atoms with Crippen LogP contribution in [0.1, 0.15) is 22.8 Å². The van der Waals surface area contributed by atoms with Crippen LogP contribution in [0.15, 0.2) is 24.3 Å². The van der Waals surface area contributed by atoms with E-state index in [1.807, 2.05) is 0 Å². The first kappa shape index (κ1) is 11.0. The van der Waals surface area contributed by atoms with Gasteiger partial charge in [0.1, 0.15) is 0 Å². The zero-order chi connectivity index (χ0) is 11.1. The lowest BCUT2D eigenvalue weighted by Gasteiger charge is -2.01. The number of aldehydes is 1. The van der Waals surface area contributed by atoms with Crippen molar-refractivity contribution >= 4 is 12.3 Å². The van der Waals surface area contributed by atoms with E-state index in [-0.39, 0.29) is 5.97 Å². The highest BCUT2D eigenvalue weighted by Crippen LogP contribution is 2.05. The highest BCUT2D eigenvalue weighted by molar-refractivity contribution is 5.89. The molecule has 15 heavy (non-hydrogen) atoms. The number of hydrogen-bond acceptors (Lipinski definition) is 3. The number of ether oxygens (including phenoxy) is 1. The highest BCUT2D eigenvalue weighted by Gasteiger charge is 2.05. The van der Waals surface area contributed by atoms with Crippen molar-refractivity contribution in [1.29, 1.82) is 0 Å². The molecule has 0 amide bonds.